The quantitative estimate of drug-likeness (QED) is 0.668. The third kappa shape index (κ3) is 1.70. The maximum atomic E-state index is 2.32. The molecular formula is C14H19. The van der Waals surface area contributed by atoms with Gasteiger partial charge in [0.05, 0.1) is 0 Å². The topological polar surface area (TPSA) is 0 Å². The Balaban J connectivity index is 2.44. The fourth-order valence-corrected chi connectivity index (χ4v) is 2.24. The minimum Gasteiger partial charge on any atom is -0.0617 e. The fourth-order valence-electron chi connectivity index (χ4n) is 2.24. The first-order valence-electron chi connectivity index (χ1n) is 5.66. The first-order chi connectivity index (χ1) is 6.74. The molecule has 0 heteroatoms. The second kappa shape index (κ2) is 3.76. The van der Waals surface area contributed by atoms with Crippen molar-refractivity contribution in [1.82, 2.24) is 0 Å². The monoisotopic (exact) mass is 187 g/mol. The van der Waals surface area contributed by atoms with Gasteiger partial charge < -0.3 is 0 Å². The number of benzene rings is 1. The highest BCUT2D eigenvalue weighted by Gasteiger charge is 2.26. The van der Waals surface area contributed by atoms with Crippen molar-refractivity contribution in [2.24, 2.45) is 0 Å². The summed E-state index contributed by atoms with van der Waals surface area (Å²) in [5.41, 5.74) is 4.69. The van der Waals surface area contributed by atoms with Gasteiger partial charge in [0.25, 0.3) is 0 Å². The van der Waals surface area contributed by atoms with Crippen molar-refractivity contribution in [3.05, 3.63) is 40.8 Å². The van der Waals surface area contributed by atoms with Crippen LogP contribution in [0.15, 0.2) is 18.2 Å². The van der Waals surface area contributed by atoms with Crippen LogP contribution in [0.5, 0.6) is 0 Å². The van der Waals surface area contributed by atoms with Crippen molar-refractivity contribution in [1.29, 1.82) is 0 Å². The highest BCUT2D eigenvalue weighted by atomic mass is 14.3. The molecule has 1 aliphatic rings. The molecule has 1 saturated carbocycles. The number of hydrogen-bond acceptors (Lipinski definition) is 0. The zero-order valence-corrected chi connectivity index (χ0v) is 9.43. The first-order valence-corrected chi connectivity index (χ1v) is 5.66. The van der Waals surface area contributed by atoms with Crippen LogP contribution in [0.25, 0.3) is 0 Å². The Kier molecular flexibility index (Phi) is 2.62. The zero-order chi connectivity index (χ0) is 10.1. The van der Waals surface area contributed by atoms with Gasteiger partial charge in [-0.25, -0.2) is 0 Å². The van der Waals surface area contributed by atoms with E-state index in [9.17, 15) is 0 Å². The molecule has 1 fully saturated rings. The molecule has 1 aromatic carbocycles. The van der Waals surface area contributed by atoms with Crippen molar-refractivity contribution in [2.75, 3.05) is 0 Å². The maximum absolute atomic E-state index is 2.32. The lowest BCUT2D eigenvalue weighted by Gasteiger charge is -2.15. The molecule has 1 aliphatic carbocycles. The summed E-state index contributed by atoms with van der Waals surface area (Å²) in [6.07, 6.45) is 3.98. The zero-order valence-electron chi connectivity index (χ0n) is 9.43. The number of rotatable bonds is 3. The van der Waals surface area contributed by atoms with Crippen molar-refractivity contribution in [3.63, 3.8) is 0 Å². The van der Waals surface area contributed by atoms with Gasteiger partial charge in [-0.05, 0) is 47.8 Å². The van der Waals surface area contributed by atoms with E-state index in [4.69, 9.17) is 0 Å². The van der Waals surface area contributed by atoms with E-state index in [1.165, 1.54) is 30.7 Å². The molecule has 75 valence electrons. The van der Waals surface area contributed by atoms with Crippen LogP contribution in [-0.4, -0.2) is 0 Å². The predicted molar refractivity (Wildman–Crippen MR) is 61.5 cm³/mol. The minimum atomic E-state index is 0.879. The highest BCUT2D eigenvalue weighted by Crippen LogP contribution is 2.43. The van der Waals surface area contributed by atoms with Crippen LogP contribution in [0.4, 0.5) is 0 Å². The molecule has 2 rings (SSSR count). The van der Waals surface area contributed by atoms with Crippen LogP contribution in [0.1, 0.15) is 56.2 Å². The van der Waals surface area contributed by atoms with Crippen LogP contribution in [0, 0.1) is 5.92 Å². The van der Waals surface area contributed by atoms with Gasteiger partial charge in [0.1, 0.15) is 0 Å². The molecule has 1 radical (unpaired) electrons. The van der Waals surface area contributed by atoms with Gasteiger partial charge >= 0.3 is 0 Å². The molecule has 0 bridgehead atoms. The molecule has 0 N–H and O–H groups in total. The van der Waals surface area contributed by atoms with E-state index in [2.05, 4.69) is 39.0 Å². The summed E-state index contributed by atoms with van der Waals surface area (Å²) < 4.78 is 0. The third-order valence-electron chi connectivity index (χ3n) is 3.12. The molecule has 0 aliphatic heterocycles. The Morgan fingerprint density at radius 3 is 2.50 bits per heavy atom. The van der Waals surface area contributed by atoms with E-state index in [0.717, 1.165) is 5.92 Å². The molecule has 0 saturated heterocycles. The van der Waals surface area contributed by atoms with E-state index < -0.39 is 0 Å². The van der Waals surface area contributed by atoms with Gasteiger partial charge in [0.2, 0.25) is 0 Å². The van der Waals surface area contributed by atoms with E-state index in [1.54, 1.807) is 11.1 Å². The van der Waals surface area contributed by atoms with Gasteiger partial charge in [0.15, 0.2) is 0 Å². The summed E-state index contributed by atoms with van der Waals surface area (Å²) in [5.74, 6) is 2.33. The third-order valence-corrected chi connectivity index (χ3v) is 3.12. The lowest BCUT2D eigenvalue weighted by molar-refractivity contribution is 0.985. The van der Waals surface area contributed by atoms with Gasteiger partial charge in [-0.2, -0.15) is 0 Å². The summed E-state index contributed by atoms with van der Waals surface area (Å²) in [5, 5.41) is 0. The fraction of sp³-hybridized carbons (Fsp3) is 0.500. The average molecular weight is 187 g/mol. The Morgan fingerprint density at radius 1 is 1.29 bits per heavy atom. The second-order valence-corrected chi connectivity index (χ2v) is 4.50. The molecule has 0 nitrogen and oxygen atoms in total. The smallest absolute Gasteiger partial charge is 0.000912 e. The molecular weight excluding hydrogens is 168 g/mol. The van der Waals surface area contributed by atoms with Crippen LogP contribution < -0.4 is 0 Å². The van der Waals surface area contributed by atoms with E-state index in [1.807, 2.05) is 0 Å². The molecule has 1 aromatic rings. The minimum absolute atomic E-state index is 0.879. The van der Waals surface area contributed by atoms with Crippen molar-refractivity contribution in [3.8, 4) is 0 Å². The second-order valence-electron chi connectivity index (χ2n) is 4.50. The normalized spacial score (nSPS) is 16.3. The van der Waals surface area contributed by atoms with Crippen molar-refractivity contribution < 1.29 is 0 Å². The first kappa shape index (κ1) is 9.76. The molecule has 14 heavy (non-hydrogen) atoms. The largest absolute Gasteiger partial charge is 0.0617 e. The SMILES string of the molecule is CCc1c([C](C)C)cccc1C1CC1. The summed E-state index contributed by atoms with van der Waals surface area (Å²) in [7, 11) is 0. The lowest BCUT2D eigenvalue weighted by atomic mass is 9.90. The molecule has 0 heterocycles. The van der Waals surface area contributed by atoms with Crippen LogP contribution >= 0.6 is 0 Å². The van der Waals surface area contributed by atoms with Gasteiger partial charge in [-0.3, -0.25) is 0 Å². The maximum Gasteiger partial charge on any atom is -0.000912 e. The van der Waals surface area contributed by atoms with Gasteiger partial charge in [0, 0.05) is 0 Å². The molecule has 0 amide bonds. The standard InChI is InChI=1S/C14H19/c1-4-12-13(10(2)3)6-5-7-14(12)11-8-9-11/h5-7,11H,4,8-9H2,1-3H3. The molecule has 0 atom stereocenters. The Bertz CT molecular complexity index is 299. The van der Waals surface area contributed by atoms with Gasteiger partial charge in [-0.1, -0.05) is 39.0 Å². The summed E-state index contributed by atoms with van der Waals surface area (Å²) in [6.45, 7) is 6.70. The van der Waals surface area contributed by atoms with Crippen molar-refractivity contribution >= 4 is 0 Å². The lowest BCUT2D eigenvalue weighted by Crippen LogP contribution is -2.00. The van der Waals surface area contributed by atoms with E-state index in [-0.39, 0.29) is 0 Å². The molecule has 0 aromatic heterocycles. The van der Waals surface area contributed by atoms with Crippen LogP contribution in [0.2, 0.25) is 0 Å². The molecule has 0 spiro atoms. The Morgan fingerprint density at radius 2 is 2.00 bits per heavy atom. The molecule has 0 unspecified atom stereocenters. The summed E-state index contributed by atoms with van der Waals surface area (Å²) >= 11 is 0. The van der Waals surface area contributed by atoms with Gasteiger partial charge in [-0.15, -0.1) is 0 Å². The highest BCUT2D eigenvalue weighted by molar-refractivity contribution is 5.45. The Labute approximate surface area is 87.3 Å². The predicted octanol–water partition coefficient (Wildman–Crippen LogP) is 4.09. The van der Waals surface area contributed by atoms with Crippen LogP contribution in [-0.2, 0) is 6.42 Å². The van der Waals surface area contributed by atoms with E-state index in [0.29, 0.717) is 0 Å². The van der Waals surface area contributed by atoms with Crippen molar-refractivity contribution in [2.45, 2.75) is 46.0 Å². The summed E-state index contributed by atoms with van der Waals surface area (Å²) in [4.78, 5) is 0. The van der Waals surface area contributed by atoms with E-state index >= 15 is 0 Å². The summed E-state index contributed by atoms with van der Waals surface area (Å²) in [6, 6.07) is 6.80. The Hall–Kier alpha value is -0.780. The van der Waals surface area contributed by atoms with Crippen LogP contribution in [0.3, 0.4) is 0 Å². The number of hydrogen-bond donors (Lipinski definition) is 0. The average Bonchev–Trinajstić information content (AvgIpc) is 2.99.